The lowest BCUT2D eigenvalue weighted by atomic mass is 9.97. The summed E-state index contributed by atoms with van der Waals surface area (Å²) >= 11 is 0. The molecule has 0 saturated carbocycles. The van der Waals surface area contributed by atoms with Gasteiger partial charge in [-0.1, -0.05) is 30.3 Å². The minimum Gasteiger partial charge on any atom is -0.494 e. The highest BCUT2D eigenvalue weighted by atomic mass is 16.5. The zero-order valence-corrected chi connectivity index (χ0v) is 15.0. The summed E-state index contributed by atoms with van der Waals surface area (Å²) in [5.74, 6) is 0.748. The van der Waals surface area contributed by atoms with Crippen LogP contribution in [0.3, 0.4) is 0 Å². The van der Waals surface area contributed by atoms with Crippen LogP contribution in [0.15, 0.2) is 48.5 Å². The van der Waals surface area contributed by atoms with Crippen molar-refractivity contribution < 1.29 is 9.53 Å². The molecular weight excluding hydrogens is 312 g/mol. The van der Waals surface area contributed by atoms with Crippen LogP contribution in [0.25, 0.3) is 22.0 Å². The number of fused-ring (bicyclic) bond motifs is 1. The molecule has 0 aliphatic heterocycles. The van der Waals surface area contributed by atoms with Gasteiger partial charge in [0.1, 0.15) is 11.3 Å². The fourth-order valence-corrected chi connectivity index (χ4v) is 3.05. The lowest BCUT2D eigenvalue weighted by molar-refractivity contribution is -0.119. The van der Waals surface area contributed by atoms with E-state index < -0.39 is 0 Å². The van der Waals surface area contributed by atoms with Crippen LogP contribution < -0.4 is 10.1 Å². The summed E-state index contributed by atoms with van der Waals surface area (Å²) < 4.78 is 5.46. The summed E-state index contributed by atoms with van der Waals surface area (Å²) in [5, 5.41) is 3.97. The van der Waals surface area contributed by atoms with E-state index in [1.54, 1.807) is 7.11 Å². The maximum atomic E-state index is 11.2. The Balaban J connectivity index is 2.03. The first kappa shape index (κ1) is 17.0. The van der Waals surface area contributed by atoms with Crippen molar-refractivity contribution in [2.45, 2.75) is 26.8 Å². The maximum absolute atomic E-state index is 11.2. The fraction of sp³-hybridized carbons (Fsp3) is 0.238. The second-order valence-corrected chi connectivity index (χ2v) is 6.21. The number of carbonyl (C=O) groups is 1. The van der Waals surface area contributed by atoms with Crippen LogP contribution >= 0.6 is 0 Å². The molecule has 1 heterocycles. The van der Waals surface area contributed by atoms with Crippen LogP contribution in [0.1, 0.15) is 31.1 Å². The molecule has 1 N–H and O–H groups in total. The van der Waals surface area contributed by atoms with Crippen molar-refractivity contribution in [3.63, 3.8) is 0 Å². The number of nitrogens with zero attached hydrogens (tertiary/aromatic N) is 1. The molecule has 4 nitrogen and oxygen atoms in total. The minimum atomic E-state index is -0.0285. The Bertz CT molecular complexity index is 917. The minimum absolute atomic E-state index is 0.0107. The molecule has 25 heavy (non-hydrogen) atoms. The maximum Gasteiger partial charge on any atom is 0.217 e. The molecule has 1 amide bonds. The highest BCUT2D eigenvalue weighted by Gasteiger charge is 2.11. The van der Waals surface area contributed by atoms with Crippen molar-refractivity contribution in [2.24, 2.45) is 0 Å². The standard InChI is InChI=1S/C21H22N2O2/c1-13-5-10-19-18(11-12-20(25-4)21(19)22-13)17-8-6-16(7-9-17)14(2)23-15(3)24/h5-12,14H,1-4H3,(H,23,24)/t14-/m0/s1. The summed E-state index contributed by atoms with van der Waals surface area (Å²) in [7, 11) is 1.66. The number of carbonyl (C=O) groups excluding carboxylic acids is 1. The number of benzene rings is 2. The molecule has 0 aliphatic rings. The molecule has 3 rings (SSSR count). The Hall–Kier alpha value is -2.88. The van der Waals surface area contributed by atoms with Gasteiger partial charge in [-0.25, -0.2) is 4.98 Å². The Morgan fingerprint density at radius 1 is 1.08 bits per heavy atom. The topological polar surface area (TPSA) is 51.2 Å². The van der Waals surface area contributed by atoms with Crippen molar-refractivity contribution >= 4 is 16.8 Å². The number of methoxy groups -OCH3 is 1. The molecule has 0 saturated heterocycles. The molecule has 4 heteroatoms. The van der Waals surface area contributed by atoms with Crippen LogP contribution in [0.5, 0.6) is 5.75 Å². The average Bonchev–Trinajstić information content (AvgIpc) is 2.60. The molecule has 0 radical (unpaired) electrons. The predicted octanol–water partition coefficient (Wildman–Crippen LogP) is 4.42. The number of aryl methyl sites for hydroxylation is 1. The molecule has 0 spiro atoms. The van der Waals surface area contributed by atoms with Gasteiger partial charge in [-0.05, 0) is 48.7 Å². The van der Waals surface area contributed by atoms with Gasteiger partial charge in [-0.2, -0.15) is 0 Å². The molecule has 0 unspecified atom stereocenters. The number of pyridine rings is 1. The van der Waals surface area contributed by atoms with E-state index in [4.69, 9.17) is 4.74 Å². The first-order chi connectivity index (χ1) is 12.0. The van der Waals surface area contributed by atoms with Gasteiger partial charge in [-0.15, -0.1) is 0 Å². The first-order valence-electron chi connectivity index (χ1n) is 8.31. The monoisotopic (exact) mass is 334 g/mol. The zero-order chi connectivity index (χ0) is 18.0. The van der Waals surface area contributed by atoms with Crippen LogP contribution in [0.4, 0.5) is 0 Å². The highest BCUT2D eigenvalue weighted by molar-refractivity contribution is 5.98. The van der Waals surface area contributed by atoms with Gasteiger partial charge in [0.05, 0.1) is 13.2 Å². The average molecular weight is 334 g/mol. The van der Waals surface area contributed by atoms with Crippen molar-refractivity contribution in [1.29, 1.82) is 0 Å². The predicted molar refractivity (Wildman–Crippen MR) is 101 cm³/mol. The van der Waals surface area contributed by atoms with Crippen molar-refractivity contribution in [1.82, 2.24) is 10.3 Å². The van der Waals surface area contributed by atoms with E-state index >= 15 is 0 Å². The van der Waals surface area contributed by atoms with E-state index in [0.29, 0.717) is 0 Å². The van der Waals surface area contributed by atoms with Crippen LogP contribution in [-0.2, 0) is 4.79 Å². The Morgan fingerprint density at radius 3 is 2.44 bits per heavy atom. The van der Waals surface area contributed by atoms with Crippen LogP contribution in [-0.4, -0.2) is 18.0 Å². The number of nitrogens with one attached hydrogen (secondary N) is 1. The Labute approximate surface area is 147 Å². The third-order valence-electron chi connectivity index (χ3n) is 4.32. The van der Waals surface area contributed by atoms with Crippen LogP contribution in [0, 0.1) is 6.92 Å². The van der Waals surface area contributed by atoms with E-state index in [0.717, 1.165) is 39.0 Å². The number of ether oxygens (including phenoxy) is 1. The van der Waals surface area contributed by atoms with E-state index in [1.165, 1.54) is 6.92 Å². The van der Waals surface area contributed by atoms with Crippen LogP contribution in [0.2, 0.25) is 0 Å². The van der Waals surface area contributed by atoms with Crippen molar-refractivity contribution in [3.8, 4) is 16.9 Å². The quantitative estimate of drug-likeness (QED) is 0.768. The third kappa shape index (κ3) is 3.48. The van der Waals surface area contributed by atoms with Gasteiger partial charge in [0.15, 0.2) is 0 Å². The van der Waals surface area contributed by atoms with Gasteiger partial charge in [0.25, 0.3) is 0 Å². The molecule has 2 aromatic carbocycles. The summed E-state index contributed by atoms with van der Waals surface area (Å²) in [4.78, 5) is 15.9. The molecule has 128 valence electrons. The van der Waals surface area contributed by atoms with Gasteiger partial charge in [-0.3, -0.25) is 4.79 Å². The second kappa shape index (κ2) is 6.93. The first-order valence-corrected chi connectivity index (χ1v) is 8.31. The van der Waals surface area contributed by atoms with Crippen molar-refractivity contribution in [2.75, 3.05) is 7.11 Å². The Kier molecular flexibility index (Phi) is 4.70. The molecule has 1 aromatic heterocycles. The van der Waals surface area contributed by atoms with E-state index in [9.17, 15) is 4.79 Å². The van der Waals surface area contributed by atoms with Gasteiger partial charge in [0, 0.05) is 18.0 Å². The van der Waals surface area contributed by atoms with E-state index in [-0.39, 0.29) is 11.9 Å². The molecule has 0 bridgehead atoms. The summed E-state index contributed by atoms with van der Waals surface area (Å²) in [5.41, 5.74) is 5.13. The molecular formula is C21H22N2O2. The zero-order valence-electron chi connectivity index (χ0n) is 15.0. The lowest BCUT2D eigenvalue weighted by Crippen LogP contribution is -2.23. The fourth-order valence-electron chi connectivity index (χ4n) is 3.05. The smallest absolute Gasteiger partial charge is 0.217 e. The SMILES string of the molecule is COc1ccc(-c2ccc([C@H](C)NC(C)=O)cc2)c2ccc(C)nc12. The largest absolute Gasteiger partial charge is 0.494 e. The number of rotatable bonds is 4. The second-order valence-electron chi connectivity index (χ2n) is 6.21. The third-order valence-corrected chi connectivity index (χ3v) is 4.32. The highest BCUT2D eigenvalue weighted by Crippen LogP contribution is 2.34. The normalized spacial score (nSPS) is 12.0. The van der Waals surface area contributed by atoms with Gasteiger partial charge < -0.3 is 10.1 Å². The number of aromatic nitrogens is 1. The van der Waals surface area contributed by atoms with Gasteiger partial charge in [0.2, 0.25) is 5.91 Å². The molecule has 0 fully saturated rings. The number of hydrogen-bond donors (Lipinski definition) is 1. The van der Waals surface area contributed by atoms with Gasteiger partial charge >= 0.3 is 0 Å². The number of amides is 1. The summed E-state index contributed by atoms with van der Waals surface area (Å²) in [6.45, 7) is 5.49. The van der Waals surface area contributed by atoms with Crippen molar-refractivity contribution in [3.05, 3.63) is 59.8 Å². The molecule has 0 aliphatic carbocycles. The van der Waals surface area contributed by atoms with E-state index in [2.05, 4.69) is 34.6 Å². The lowest BCUT2D eigenvalue weighted by Gasteiger charge is -2.14. The summed E-state index contributed by atoms with van der Waals surface area (Å²) in [6, 6.07) is 16.4. The summed E-state index contributed by atoms with van der Waals surface area (Å²) in [6.07, 6.45) is 0. The number of hydrogen-bond acceptors (Lipinski definition) is 3. The van der Waals surface area contributed by atoms with E-state index in [1.807, 2.05) is 38.1 Å². The Morgan fingerprint density at radius 2 is 1.80 bits per heavy atom. The molecule has 1 atom stereocenters. The molecule has 3 aromatic rings.